The lowest BCUT2D eigenvalue weighted by Gasteiger charge is -2.02. The van der Waals surface area contributed by atoms with Crippen LogP contribution in [0.4, 0.5) is 16.2 Å². The third kappa shape index (κ3) is 2.91. The van der Waals surface area contributed by atoms with Crippen LogP contribution >= 0.6 is 0 Å². The Hall–Kier alpha value is -3.55. The van der Waals surface area contributed by atoms with Crippen LogP contribution in [0.1, 0.15) is 15.9 Å². The van der Waals surface area contributed by atoms with Crippen LogP contribution in [0.15, 0.2) is 53.5 Å². The molecule has 0 spiro atoms. The molecule has 1 heterocycles. The standard InChI is InChI=1S/C15H10N4O4/c20-14-12-4-2-1-3-11(12)13(17-14)18-15(21)16-9-5-7-10(8-6-9)19(22)23/h1-8H,(H2,16,17,18,20,21). The number of carbonyl (C=O) groups excluding carboxylic acids is 2. The number of benzene rings is 2. The van der Waals surface area contributed by atoms with Gasteiger partial charge in [0, 0.05) is 23.4 Å². The van der Waals surface area contributed by atoms with Crippen LogP contribution in [0.3, 0.4) is 0 Å². The zero-order valence-electron chi connectivity index (χ0n) is 11.6. The summed E-state index contributed by atoms with van der Waals surface area (Å²) in [4.78, 5) is 37.5. The lowest BCUT2D eigenvalue weighted by Crippen LogP contribution is -2.23. The number of fused-ring (bicyclic) bond motifs is 1. The highest BCUT2D eigenvalue weighted by atomic mass is 16.6. The van der Waals surface area contributed by atoms with Gasteiger partial charge in [-0.05, 0) is 18.2 Å². The summed E-state index contributed by atoms with van der Waals surface area (Å²) in [7, 11) is 0. The van der Waals surface area contributed by atoms with Crippen molar-refractivity contribution in [2.75, 3.05) is 5.32 Å². The molecule has 1 aliphatic heterocycles. The van der Waals surface area contributed by atoms with Crippen molar-refractivity contribution in [2.24, 2.45) is 4.99 Å². The smallest absolute Gasteiger partial charge is 0.306 e. The fraction of sp³-hybridized carbons (Fsp3) is 0. The number of urea groups is 1. The Bertz CT molecular complexity index is 843. The summed E-state index contributed by atoms with van der Waals surface area (Å²) in [6.07, 6.45) is 0. The first-order chi connectivity index (χ1) is 11.0. The number of hydrogen-bond acceptors (Lipinski definition) is 4. The molecule has 0 saturated heterocycles. The molecule has 0 saturated carbocycles. The zero-order valence-corrected chi connectivity index (χ0v) is 11.6. The summed E-state index contributed by atoms with van der Waals surface area (Å²) in [5.41, 5.74) is 1.29. The van der Waals surface area contributed by atoms with Crippen LogP contribution in [0.25, 0.3) is 0 Å². The maximum Gasteiger partial charge on any atom is 0.347 e. The molecule has 3 amide bonds. The molecule has 2 aromatic rings. The predicted octanol–water partition coefficient (Wildman–Crippen LogP) is 2.32. The first-order valence-corrected chi connectivity index (χ1v) is 6.59. The van der Waals surface area contributed by atoms with Crippen LogP contribution in [-0.4, -0.2) is 22.7 Å². The molecular weight excluding hydrogens is 300 g/mol. The van der Waals surface area contributed by atoms with E-state index in [1.54, 1.807) is 24.3 Å². The molecule has 23 heavy (non-hydrogen) atoms. The number of amidine groups is 1. The van der Waals surface area contributed by atoms with Crippen molar-refractivity contribution in [3.05, 3.63) is 69.8 Å². The lowest BCUT2D eigenvalue weighted by atomic mass is 10.1. The van der Waals surface area contributed by atoms with Gasteiger partial charge in [-0.15, -0.1) is 0 Å². The topological polar surface area (TPSA) is 114 Å². The highest BCUT2D eigenvalue weighted by Crippen LogP contribution is 2.17. The Morgan fingerprint density at radius 3 is 2.39 bits per heavy atom. The predicted molar refractivity (Wildman–Crippen MR) is 82.6 cm³/mol. The van der Waals surface area contributed by atoms with E-state index in [2.05, 4.69) is 15.6 Å². The molecule has 2 N–H and O–H groups in total. The molecule has 114 valence electrons. The molecule has 8 heteroatoms. The number of nitro groups is 1. The van der Waals surface area contributed by atoms with E-state index >= 15 is 0 Å². The Morgan fingerprint density at radius 1 is 1.09 bits per heavy atom. The van der Waals surface area contributed by atoms with E-state index in [-0.39, 0.29) is 17.4 Å². The molecule has 0 radical (unpaired) electrons. The highest BCUT2D eigenvalue weighted by Gasteiger charge is 2.24. The van der Waals surface area contributed by atoms with Gasteiger partial charge in [0.2, 0.25) is 0 Å². The number of nitro benzene ring substituents is 1. The van der Waals surface area contributed by atoms with Crippen molar-refractivity contribution in [3.63, 3.8) is 0 Å². The molecule has 1 aliphatic rings. The molecular formula is C15H10N4O4. The quantitative estimate of drug-likeness (QED) is 0.654. The van der Waals surface area contributed by atoms with Gasteiger partial charge in [-0.2, -0.15) is 4.99 Å². The first-order valence-electron chi connectivity index (χ1n) is 6.59. The van der Waals surface area contributed by atoms with Crippen LogP contribution in [0.2, 0.25) is 0 Å². The van der Waals surface area contributed by atoms with Crippen molar-refractivity contribution in [2.45, 2.75) is 0 Å². The molecule has 0 aliphatic carbocycles. The van der Waals surface area contributed by atoms with Gasteiger partial charge in [-0.25, -0.2) is 4.79 Å². The van der Waals surface area contributed by atoms with Crippen molar-refractivity contribution >= 4 is 29.1 Å². The van der Waals surface area contributed by atoms with Gasteiger partial charge in [0.15, 0.2) is 0 Å². The van der Waals surface area contributed by atoms with Gasteiger partial charge in [-0.1, -0.05) is 18.2 Å². The number of hydrogen-bond donors (Lipinski definition) is 2. The number of rotatable bonds is 2. The highest BCUT2D eigenvalue weighted by molar-refractivity contribution is 6.25. The second-order valence-electron chi connectivity index (χ2n) is 4.69. The number of amides is 3. The molecule has 2 aromatic carbocycles. The largest absolute Gasteiger partial charge is 0.347 e. The second kappa shape index (κ2) is 5.68. The van der Waals surface area contributed by atoms with Gasteiger partial charge in [0.1, 0.15) is 5.84 Å². The minimum atomic E-state index is -0.689. The normalized spacial score (nSPS) is 14.3. The van der Waals surface area contributed by atoms with Gasteiger partial charge in [-0.3, -0.25) is 14.9 Å². The molecule has 3 rings (SSSR count). The maximum absolute atomic E-state index is 11.9. The fourth-order valence-electron chi connectivity index (χ4n) is 2.14. The van der Waals surface area contributed by atoms with E-state index in [4.69, 9.17) is 0 Å². The van der Waals surface area contributed by atoms with Gasteiger partial charge in [0.05, 0.1) is 10.5 Å². The SMILES string of the molecule is O=C(/N=C1/NC(=O)c2ccccc21)Nc1ccc([N+](=O)[O-])cc1. The minimum absolute atomic E-state index is 0.0775. The Balaban J connectivity index is 1.77. The van der Waals surface area contributed by atoms with E-state index in [1.165, 1.54) is 24.3 Å². The summed E-state index contributed by atoms with van der Waals surface area (Å²) in [6.45, 7) is 0. The zero-order chi connectivity index (χ0) is 16.4. The summed E-state index contributed by atoms with van der Waals surface area (Å²) in [6, 6.07) is 11.4. The molecule has 0 atom stereocenters. The molecule has 0 bridgehead atoms. The van der Waals surface area contributed by atoms with Crippen molar-refractivity contribution in [1.82, 2.24) is 5.32 Å². The van der Waals surface area contributed by atoms with Crippen LogP contribution in [-0.2, 0) is 0 Å². The van der Waals surface area contributed by atoms with E-state index in [0.717, 1.165) is 0 Å². The summed E-state index contributed by atoms with van der Waals surface area (Å²) >= 11 is 0. The van der Waals surface area contributed by atoms with Crippen molar-refractivity contribution in [1.29, 1.82) is 0 Å². The summed E-state index contributed by atoms with van der Waals surface area (Å²) < 4.78 is 0. The third-order valence-electron chi connectivity index (χ3n) is 3.20. The van der Waals surface area contributed by atoms with Gasteiger partial charge in [0.25, 0.3) is 11.6 Å². The monoisotopic (exact) mass is 310 g/mol. The number of aliphatic imine (C=N–C) groups is 1. The van der Waals surface area contributed by atoms with Crippen molar-refractivity contribution < 1.29 is 14.5 Å². The Labute approximate surface area is 130 Å². The Morgan fingerprint density at radius 2 is 1.74 bits per heavy atom. The van der Waals surface area contributed by atoms with Crippen LogP contribution < -0.4 is 10.6 Å². The Kier molecular flexibility index (Phi) is 3.55. The number of anilines is 1. The molecule has 0 fully saturated rings. The van der Waals surface area contributed by atoms with Crippen LogP contribution in [0, 0.1) is 10.1 Å². The van der Waals surface area contributed by atoms with E-state index < -0.39 is 11.0 Å². The van der Waals surface area contributed by atoms with E-state index in [0.29, 0.717) is 16.8 Å². The van der Waals surface area contributed by atoms with Crippen LogP contribution in [0.5, 0.6) is 0 Å². The molecule has 8 nitrogen and oxygen atoms in total. The van der Waals surface area contributed by atoms with Gasteiger partial charge < -0.3 is 10.6 Å². The molecule has 0 unspecified atom stereocenters. The van der Waals surface area contributed by atoms with Gasteiger partial charge >= 0.3 is 6.03 Å². The van der Waals surface area contributed by atoms with E-state index in [1.807, 2.05) is 0 Å². The fourth-order valence-corrected chi connectivity index (χ4v) is 2.14. The number of nitrogens with zero attached hydrogens (tertiary/aromatic N) is 2. The average Bonchev–Trinajstić information content (AvgIpc) is 2.84. The third-order valence-corrected chi connectivity index (χ3v) is 3.20. The molecule has 0 aromatic heterocycles. The summed E-state index contributed by atoms with van der Waals surface area (Å²) in [5.74, 6) is -0.146. The number of nitrogens with one attached hydrogen (secondary N) is 2. The number of non-ortho nitro benzene ring substituents is 1. The minimum Gasteiger partial charge on any atom is -0.306 e. The summed E-state index contributed by atoms with van der Waals surface area (Å²) in [5, 5.41) is 15.6. The average molecular weight is 310 g/mol. The first kappa shape index (κ1) is 14.4. The number of carbonyl (C=O) groups is 2. The van der Waals surface area contributed by atoms with Crippen molar-refractivity contribution in [3.8, 4) is 0 Å². The second-order valence-corrected chi connectivity index (χ2v) is 4.69. The maximum atomic E-state index is 11.9. The van der Waals surface area contributed by atoms with E-state index in [9.17, 15) is 19.7 Å². The lowest BCUT2D eigenvalue weighted by molar-refractivity contribution is -0.384.